The van der Waals surface area contributed by atoms with Gasteiger partial charge in [0.2, 0.25) is 12.7 Å². The molecule has 264 valence electrons. The zero-order chi connectivity index (χ0) is 34.4. The fourth-order valence-electron chi connectivity index (χ4n) is 6.74. The molecule has 1 saturated heterocycles. The van der Waals surface area contributed by atoms with E-state index in [-0.39, 0.29) is 30.5 Å². The second-order valence-corrected chi connectivity index (χ2v) is 15.7. The Kier molecular flexibility index (Phi) is 15.9. The van der Waals surface area contributed by atoms with Crippen molar-refractivity contribution in [2.45, 2.75) is 110 Å². The third kappa shape index (κ3) is 11.4. The molecule has 2 N–H and O–H groups in total. The number of ether oxygens (including phenoxy) is 3. The van der Waals surface area contributed by atoms with E-state index in [2.05, 4.69) is 12.1 Å². The van der Waals surface area contributed by atoms with E-state index in [9.17, 15) is 23.7 Å². The first-order valence-electron chi connectivity index (χ1n) is 17.6. The van der Waals surface area contributed by atoms with E-state index in [0.29, 0.717) is 37.9 Å². The number of unbranched alkanes of at least 4 members (excludes halogenated alkanes) is 1. The minimum Gasteiger partial charge on any atom is -0.463 e. The Morgan fingerprint density at radius 1 is 0.957 bits per heavy atom. The summed E-state index contributed by atoms with van der Waals surface area (Å²) in [5.41, 5.74) is 6.03. The number of nitrogens with zero attached hydrogens (tertiary/aromatic N) is 1. The molecule has 0 radical (unpaired) electrons. The average molecular weight is 677 g/mol. The van der Waals surface area contributed by atoms with Crippen molar-refractivity contribution >= 4 is 31.6 Å². The summed E-state index contributed by atoms with van der Waals surface area (Å²) < 4.78 is 29.2. The van der Waals surface area contributed by atoms with Crippen LogP contribution >= 0.6 is 7.80 Å². The number of carbonyl (C=O) groups excluding carboxylic acids is 4. The normalized spacial score (nSPS) is 20.1. The van der Waals surface area contributed by atoms with Gasteiger partial charge in [0.15, 0.2) is 0 Å². The van der Waals surface area contributed by atoms with Crippen molar-refractivity contribution in [3.63, 3.8) is 0 Å². The van der Waals surface area contributed by atoms with Crippen molar-refractivity contribution in [1.29, 1.82) is 0 Å². The lowest BCUT2D eigenvalue weighted by Crippen LogP contribution is -2.43. The zero-order valence-electron chi connectivity index (χ0n) is 28.9. The summed E-state index contributed by atoms with van der Waals surface area (Å²) in [5.74, 6) is -1.62. The van der Waals surface area contributed by atoms with Gasteiger partial charge in [0.1, 0.15) is 24.1 Å². The Morgan fingerprint density at radius 3 is 2.28 bits per heavy atom. The monoisotopic (exact) mass is 676 g/mol. The van der Waals surface area contributed by atoms with Crippen LogP contribution in [0.5, 0.6) is 0 Å². The lowest BCUT2D eigenvalue weighted by atomic mass is 9.79. The summed E-state index contributed by atoms with van der Waals surface area (Å²) in [7, 11) is -2.15. The van der Waals surface area contributed by atoms with Gasteiger partial charge in [0, 0.05) is 6.54 Å². The molecule has 1 saturated carbocycles. The van der Waals surface area contributed by atoms with Gasteiger partial charge in [0.25, 0.3) is 0 Å². The Labute approximate surface area is 281 Å². The lowest BCUT2D eigenvalue weighted by Gasteiger charge is -2.29. The molecular weight excluding hydrogens is 619 g/mol. The Bertz CT molecular complexity index is 1180. The van der Waals surface area contributed by atoms with Gasteiger partial charge in [-0.25, -0.2) is 4.79 Å². The van der Waals surface area contributed by atoms with Crippen LogP contribution in [0, 0.1) is 23.2 Å². The highest BCUT2D eigenvalue weighted by Crippen LogP contribution is 2.39. The van der Waals surface area contributed by atoms with Crippen LogP contribution in [0.3, 0.4) is 0 Å². The molecule has 1 aliphatic heterocycles. The van der Waals surface area contributed by atoms with E-state index in [1.165, 1.54) is 12.0 Å². The van der Waals surface area contributed by atoms with E-state index in [0.717, 1.165) is 44.9 Å². The molecule has 11 heteroatoms. The van der Waals surface area contributed by atoms with Crippen molar-refractivity contribution in [3.8, 4) is 0 Å². The quantitative estimate of drug-likeness (QED) is 0.0891. The second kappa shape index (κ2) is 19.3. The molecule has 0 aromatic heterocycles. The zero-order valence-corrected chi connectivity index (χ0v) is 29.9. The standard InChI is InChI=1S/C36H57N2O8P/c1-5-36(6-2,24-44-34(41)32(37)26(3)4)35(42)46-25-45-33(40)30-21-29(28-18-11-8-12-19-28)22-38(30)31(39)23-47(43)20-14-13-17-27-15-9-7-10-16-27/h7,9-10,15-16,26,28-30,32,47H,5-6,8,11-14,17-25,37H2,1-4H3/t29-,30+,32+/m1/s1. The molecule has 47 heavy (non-hydrogen) atoms. The fraction of sp³-hybridized carbons (Fsp3) is 0.722. The number of hydrogen-bond acceptors (Lipinski definition) is 9. The summed E-state index contributed by atoms with van der Waals surface area (Å²) in [6.07, 6.45) is 9.87. The predicted octanol–water partition coefficient (Wildman–Crippen LogP) is 5.74. The molecular formula is C36H57N2O8P. The molecule has 0 spiro atoms. The highest BCUT2D eigenvalue weighted by molar-refractivity contribution is 7.45. The number of hydrogen-bond donors (Lipinski definition) is 1. The highest BCUT2D eigenvalue weighted by Gasteiger charge is 2.44. The van der Waals surface area contributed by atoms with E-state index in [1.807, 2.05) is 32.0 Å². The average Bonchev–Trinajstić information content (AvgIpc) is 3.54. The molecule has 1 heterocycles. The molecule has 10 nitrogen and oxygen atoms in total. The summed E-state index contributed by atoms with van der Waals surface area (Å²) >= 11 is 0. The minimum absolute atomic E-state index is 0.0547. The largest absolute Gasteiger partial charge is 0.463 e. The molecule has 2 fully saturated rings. The molecule has 1 unspecified atom stereocenters. The summed E-state index contributed by atoms with van der Waals surface area (Å²) in [4.78, 5) is 53.9. The molecule has 0 bridgehead atoms. The Balaban J connectivity index is 1.56. The molecule has 1 amide bonds. The number of nitrogens with two attached hydrogens (primary N) is 1. The molecule has 1 aromatic rings. The van der Waals surface area contributed by atoms with Gasteiger partial charge in [-0.15, -0.1) is 0 Å². The lowest BCUT2D eigenvalue weighted by molar-refractivity contribution is -0.182. The Morgan fingerprint density at radius 2 is 1.64 bits per heavy atom. The number of aryl methyl sites for hydroxylation is 1. The first-order chi connectivity index (χ1) is 22.5. The van der Waals surface area contributed by atoms with Crippen LogP contribution in [0.25, 0.3) is 0 Å². The minimum atomic E-state index is -2.15. The third-order valence-corrected chi connectivity index (χ3v) is 11.9. The van der Waals surface area contributed by atoms with E-state index in [1.54, 1.807) is 18.7 Å². The summed E-state index contributed by atoms with van der Waals surface area (Å²) in [6.45, 7) is 6.88. The van der Waals surface area contributed by atoms with Crippen LogP contribution in [0.2, 0.25) is 0 Å². The van der Waals surface area contributed by atoms with Gasteiger partial charge in [-0.2, -0.15) is 0 Å². The van der Waals surface area contributed by atoms with Gasteiger partial charge in [0.05, 0.1) is 14.0 Å². The Hall–Kier alpha value is -2.71. The molecule has 1 aliphatic carbocycles. The van der Waals surface area contributed by atoms with Gasteiger partial charge < -0.3 is 29.4 Å². The van der Waals surface area contributed by atoms with Gasteiger partial charge >= 0.3 is 17.9 Å². The summed E-state index contributed by atoms with van der Waals surface area (Å²) in [6, 6.07) is 8.55. The second-order valence-electron chi connectivity index (χ2n) is 13.7. The number of likely N-dealkylation sites (tertiary alicyclic amines) is 1. The van der Waals surface area contributed by atoms with Gasteiger partial charge in [-0.05, 0) is 68.0 Å². The number of benzene rings is 1. The highest BCUT2D eigenvalue weighted by atomic mass is 31.1. The number of amides is 1. The summed E-state index contributed by atoms with van der Waals surface area (Å²) in [5, 5.41) is 0. The van der Waals surface area contributed by atoms with Crippen molar-refractivity contribution in [3.05, 3.63) is 35.9 Å². The van der Waals surface area contributed by atoms with Crippen molar-refractivity contribution in [2.24, 2.45) is 28.9 Å². The van der Waals surface area contributed by atoms with Crippen LogP contribution in [-0.4, -0.2) is 73.1 Å². The van der Waals surface area contributed by atoms with Crippen molar-refractivity contribution in [1.82, 2.24) is 4.90 Å². The molecule has 2 aliphatic rings. The molecule has 3 rings (SSSR count). The van der Waals surface area contributed by atoms with Crippen LogP contribution in [0.1, 0.15) is 97.5 Å². The van der Waals surface area contributed by atoms with Crippen LogP contribution < -0.4 is 5.73 Å². The van der Waals surface area contributed by atoms with Crippen LogP contribution in [-0.2, 0) is 44.4 Å². The predicted molar refractivity (Wildman–Crippen MR) is 182 cm³/mol. The number of rotatable bonds is 18. The first-order valence-corrected chi connectivity index (χ1v) is 19.4. The maximum absolute atomic E-state index is 13.5. The SMILES string of the molecule is CCC(CC)(COC(=O)[C@@H](N)C(C)C)C(=O)OCOC(=O)[C@@H]1C[C@@H](C2CCCCC2)CN1C(=O)C[PH](=O)CCCCc1ccccc1. The van der Waals surface area contributed by atoms with Crippen molar-refractivity contribution < 1.29 is 38.0 Å². The van der Waals surface area contributed by atoms with Crippen LogP contribution in [0.4, 0.5) is 0 Å². The van der Waals surface area contributed by atoms with Gasteiger partial charge in [-0.1, -0.05) is 90.1 Å². The molecule has 1 aromatic carbocycles. The van der Waals surface area contributed by atoms with E-state index >= 15 is 0 Å². The van der Waals surface area contributed by atoms with Crippen molar-refractivity contribution in [2.75, 3.05) is 32.3 Å². The smallest absolute Gasteiger partial charge is 0.331 e. The first kappa shape index (κ1) is 38.7. The number of esters is 3. The fourth-order valence-corrected chi connectivity index (χ4v) is 8.10. The topological polar surface area (TPSA) is 142 Å². The third-order valence-electron chi connectivity index (χ3n) is 10.3. The van der Waals surface area contributed by atoms with E-state index in [4.69, 9.17) is 19.9 Å². The molecule has 4 atom stereocenters. The maximum atomic E-state index is 13.5. The maximum Gasteiger partial charge on any atom is 0.331 e. The van der Waals surface area contributed by atoms with Crippen LogP contribution in [0.15, 0.2) is 30.3 Å². The van der Waals surface area contributed by atoms with Gasteiger partial charge in [-0.3, -0.25) is 14.4 Å². The van der Waals surface area contributed by atoms with E-state index < -0.39 is 50.0 Å². The number of carbonyl (C=O) groups is 4.